The summed E-state index contributed by atoms with van der Waals surface area (Å²) in [6.07, 6.45) is 5.88. The fourth-order valence-corrected chi connectivity index (χ4v) is 1.42. The normalized spacial score (nSPS) is 10.7. The summed E-state index contributed by atoms with van der Waals surface area (Å²) in [5.74, 6) is 0. The van der Waals surface area contributed by atoms with Gasteiger partial charge in [0, 0.05) is 0 Å². The highest BCUT2D eigenvalue weighted by Crippen LogP contribution is 2.17. The smallest absolute Gasteiger partial charge is 0.0222 e. The zero-order valence-corrected chi connectivity index (χ0v) is 8.59. The van der Waals surface area contributed by atoms with E-state index in [0.29, 0.717) is 0 Å². The molecule has 0 bridgehead atoms. The number of hydrogen-bond donors (Lipinski definition) is 0. The molecule has 0 saturated carbocycles. The van der Waals surface area contributed by atoms with Crippen LogP contribution in [0.5, 0.6) is 0 Å². The Morgan fingerprint density at radius 1 is 1.15 bits per heavy atom. The molecule has 0 aliphatic heterocycles. The molecule has 0 N–H and O–H groups in total. The molecule has 0 heterocycles. The number of hydrogen-bond acceptors (Lipinski definition) is 0. The predicted molar refractivity (Wildman–Crippen MR) is 59.9 cm³/mol. The highest BCUT2D eigenvalue weighted by molar-refractivity contribution is 5.57. The summed E-state index contributed by atoms with van der Waals surface area (Å²) in [4.78, 5) is 0. The molecule has 0 heteroatoms. The Bertz CT molecular complexity index is 343. The van der Waals surface area contributed by atoms with Crippen molar-refractivity contribution in [2.75, 3.05) is 0 Å². The average Bonchev–Trinajstić information content (AvgIpc) is 2.09. The van der Waals surface area contributed by atoms with Crippen LogP contribution in [0.15, 0.2) is 30.9 Å². The largest absolute Gasteiger partial charge is 0.0991 e. The third kappa shape index (κ3) is 2.32. The lowest BCUT2D eigenvalue weighted by Gasteiger charge is -2.06. The molecule has 0 saturated heterocycles. The third-order valence-corrected chi connectivity index (χ3v) is 2.26. The molecule has 0 nitrogen and oxygen atoms in total. The van der Waals surface area contributed by atoms with E-state index in [-0.39, 0.29) is 0 Å². The molecule has 0 atom stereocenters. The molecule has 0 aromatic heterocycles. The van der Waals surface area contributed by atoms with Crippen molar-refractivity contribution in [1.82, 2.24) is 0 Å². The van der Waals surface area contributed by atoms with Crippen LogP contribution in [0.3, 0.4) is 0 Å². The van der Waals surface area contributed by atoms with E-state index < -0.39 is 0 Å². The number of allylic oxidation sites excluding steroid dienone is 2. The van der Waals surface area contributed by atoms with Crippen LogP contribution in [0.1, 0.15) is 22.3 Å². The van der Waals surface area contributed by atoms with Crippen LogP contribution in [0, 0.1) is 20.8 Å². The van der Waals surface area contributed by atoms with Gasteiger partial charge < -0.3 is 0 Å². The van der Waals surface area contributed by atoms with Crippen molar-refractivity contribution in [3.05, 3.63) is 53.1 Å². The Balaban J connectivity index is 3.19. The van der Waals surface area contributed by atoms with Crippen molar-refractivity contribution < 1.29 is 0 Å². The summed E-state index contributed by atoms with van der Waals surface area (Å²) in [6.45, 7) is 10.1. The van der Waals surface area contributed by atoms with Crippen LogP contribution in [0.4, 0.5) is 0 Å². The zero-order chi connectivity index (χ0) is 9.84. The Morgan fingerprint density at radius 2 is 1.85 bits per heavy atom. The lowest BCUT2D eigenvalue weighted by Crippen LogP contribution is -1.87. The second kappa shape index (κ2) is 4.08. The van der Waals surface area contributed by atoms with E-state index in [9.17, 15) is 0 Å². The molecule has 1 rings (SSSR count). The Kier molecular flexibility index (Phi) is 3.07. The van der Waals surface area contributed by atoms with Crippen LogP contribution in [0.25, 0.3) is 6.08 Å². The summed E-state index contributed by atoms with van der Waals surface area (Å²) < 4.78 is 0. The van der Waals surface area contributed by atoms with Crippen LogP contribution in [0.2, 0.25) is 0 Å². The van der Waals surface area contributed by atoms with Crippen molar-refractivity contribution in [3.8, 4) is 0 Å². The summed E-state index contributed by atoms with van der Waals surface area (Å²) >= 11 is 0. The lowest BCUT2D eigenvalue weighted by atomic mass is 10.00. The molecule has 1 aromatic rings. The molecule has 68 valence electrons. The van der Waals surface area contributed by atoms with Gasteiger partial charge in [-0.15, -0.1) is 0 Å². The van der Waals surface area contributed by atoms with Gasteiger partial charge in [-0.3, -0.25) is 0 Å². The second-order valence-corrected chi connectivity index (χ2v) is 3.39. The summed E-state index contributed by atoms with van der Waals surface area (Å²) in [5, 5.41) is 0. The van der Waals surface area contributed by atoms with E-state index in [4.69, 9.17) is 0 Å². The van der Waals surface area contributed by atoms with Gasteiger partial charge in [-0.05, 0) is 37.5 Å². The maximum atomic E-state index is 3.66. The first-order valence-electron chi connectivity index (χ1n) is 4.52. The molecule has 13 heavy (non-hydrogen) atoms. The molecule has 0 amide bonds. The summed E-state index contributed by atoms with van der Waals surface area (Å²) in [7, 11) is 0. The second-order valence-electron chi connectivity index (χ2n) is 3.39. The van der Waals surface area contributed by atoms with Crippen LogP contribution in [-0.2, 0) is 0 Å². The minimum absolute atomic E-state index is 1.29. The molecule has 0 fully saturated rings. The summed E-state index contributed by atoms with van der Waals surface area (Å²) in [6, 6.07) is 4.41. The van der Waals surface area contributed by atoms with Crippen molar-refractivity contribution >= 4 is 6.08 Å². The maximum Gasteiger partial charge on any atom is -0.0222 e. The summed E-state index contributed by atoms with van der Waals surface area (Å²) in [5.41, 5.74) is 5.30. The zero-order valence-electron chi connectivity index (χ0n) is 8.59. The van der Waals surface area contributed by atoms with Gasteiger partial charge in [0.25, 0.3) is 0 Å². The maximum absolute atomic E-state index is 3.66. The van der Waals surface area contributed by atoms with E-state index in [1.165, 1.54) is 22.3 Å². The first kappa shape index (κ1) is 9.79. The average molecular weight is 172 g/mol. The monoisotopic (exact) mass is 172 g/mol. The van der Waals surface area contributed by atoms with Gasteiger partial charge in [0.05, 0.1) is 0 Å². The first-order valence-corrected chi connectivity index (χ1v) is 4.52. The fourth-order valence-electron chi connectivity index (χ4n) is 1.42. The topological polar surface area (TPSA) is 0 Å². The highest BCUT2D eigenvalue weighted by Gasteiger charge is 1.98. The number of benzene rings is 1. The molecule has 0 spiro atoms. The van der Waals surface area contributed by atoms with Gasteiger partial charge in [-0.1, -0.05) is 42.5 Å². The molecular weight excluding hydrogens is 156 g/mol. The van der Waals surface area contributed by atoms with E-state index in [1.54, 1.807) is 6.08 Å². The SMILES string of the molecule is C=C/C=C\c1cc(C)cc(C)c1C. The van der Waals surface area contributed by atoms with Crippen LogP contribution in [-0.4, -0.2) is 0 Å². The Labute approximate surface area is 80.6 Å². The molecule has 0 aliphatic carbocycles. The van der Waals surface area contributed by atoms with Crippen molar-refractivity contribution in [2.45, 2.75) is 20.8 Å². The van der Waals surface area contributed by atoms with E-state index in [1.807, 2.05) is 6.08 Å². The quantitative estimate of drug-likeness (QED) is 0.595. The predicted octanol–water partition coefficient (Wildman–Crippen LogP) is 3.81. The number of rotatable bonds is 2. The third-order valence-electron chi connectivity index (χ3n) is 2.26. The van der Waals surface area contributed by atoms with Gasteiger partial charge in [-0.25, -0.2) is 0 Å². The first-order chi connectivity index (χ1) is 6.15. The van der Waals surface area contributed by atoms with Crippen LogP contribution < -0.4 is 0 Å². The van der Waals surface area contributed by atoms with E-state index in [0.717, 1.165) is 0 Å². The lowest BCUT2D eigenvalue weighted by molar-refractivity contribution is 1.28. The molecule has 1 aromatic carbocycles. The molecule has 0 aliphatic rings. The standard InChI is InChI=1S/C13H16/c1-5-6-7-13-9-10(2)8-11(3)12(13)4/h5-9H,1H2,2-4H3/b7-6-. The minimum Gasteiger partial charge on any atom is -0.0991 e. The van der Waals surface area contributed by atoms with Gasteiger partial charge in [-0.2, -0.15) is 0 Å². The molecule has 0 radical (unpaired) electrons. The Morgan fingerprint density at radius 3 is 2.46 bits per heavy atom. The number of aryl methyl sites for hydroxylation is 2. The van der Waals surface area contributed by atoms with Gasteiger partial charge in [0.2, 0.25) is 0 Å². The minimum atomic E-state index is 1.29. The van der Waals surface area contributed by atoms with Gasteiger partial charge >= 0.3 is 0 Å². The highest BCUT2D eigenvalue weighted by atomic mass is 14.0. The van der Waals surface area contributed by atoms with Crippen molar-refractivity contribution in [1.29, 1.82) is 0 Å². The van der Waals surface area contributed by atoms with Gasteiger partial charge in [0.1, 0.15) is 0 Å². The van der Waals surface area contributed by atoms with Crippen molar-refractivity contribution in [3.63, 3.8) is 0 Å². The Hall–Kier alpha value is -1.30. The van der Waals surface area contributed by atoms with E-state index >= 15 is 0 Å². The van der Waals surface area contributed by atoms with Crippen LogP contribution >= 0.6 is 0 Å². The molecular formula is C13H16. The van der Waals surface area contributed by atoms with Crippen molar-refractivity contribution in [2.24, 2.45) is 0 Å². The molecule has 0 unspecified atom stereocenters. The van der Waals surface area contributed by atoms with E-state index in [2.05, 4.69) is 45.6 Å². The van der Waals surface area contributed by atoms with Gasteiger partial charge in [0.15, 0.2) is 0 Å². The fraction of sp³-hybridized carbons (Fsp3) is 0.231.